The molecule has 0 aliphatic rings. The molecule has 98 valence electrons. The van der Waals surface area contributed by atoms with Crippen molar-refractivity contribution in [2.45, 2.75) is 10.8 Å². The number of primary amides is 1. The minimum absolute atomic E-state index is 0.422. The van der Waals surface area contributed by atoms with Crippen molar-refractivity contribution in [3.05, 3.63) is 52.1 Å². The molecule has 0 atom stereocenters. The fourth-order valence-corrected chi connectivity index (χ4v) is 3.00. The second-order valence-electron chi connectivity index (χ2n) is 3.86. The lowest BCUT2D eigenvalue weighted by Crippen LogP contribution is -2.11. The van der Waals surface area contributed by atoms with E-state index in [1.165, 1.54) is 0 Å². The molecule has 0 saturated heterocycles. The highest BCUT2D eigenvalue weighted by atomic mass is 79.9. The molecule has 19 heavy (non-hydrogen) atoms. The minimum Gasteiger partial charge on any atom is -0.398 e. The number of nitrogens with two attached hydrogens (primary N) is 2. The van der Waals surface area contributed by atoms with Crippen molar-refractivity contribution >= 4 is 39.3 Å². The number of pyridine rings is 1. The Kier molecular flexibility index (Phi) is 4.44. The SMILES string of the molecule is NC(=O)c1ccc(CSc2ncccc2Br)c(N)c1. The van der Waals surface area contributed by atoms with Gasteiger partial charge >= 0.3 is 0 Å². The van der Waals surface area contributed by atoms with Crippen LogP contribution in [0.2, 0.25) is 0 Å². The summed E-state index contributed by atoms with van der Waals surface area (Å²) in [5.41, 5.74) is 13.0. The maximum atomic E-state index is 11.0. The summed E-state index contributed by atoms with van der Waals surface area (Å²) in [6.45, 7) is 0. The Bertz CT molecular complexity index is 619. The minimum atomic E-state index is -0.474. The van der Waals surface area contributed by atoms with Crippen LogP contribution in [0.1, 0.15) is 15.9 Å². The molecule has 0 aliphatic carbocycles. The first-order chi connectivity index (χ1) is 9.08. The third-order valence-electron chi connectivity index (χ3n) is 2.52. The molecular formula is C13H12BrN3OS. The lowest BCUT2D eigenvalue weighted by Gasteiger charge is -2.07. The third-order valence-corrected chi connectivity index (χ3v) is 4.48. The maximum absolute atomic E-state index is 11.0. The topological polar surface area (TPSA) is 82.0 Å². The number of hydrogen-bond acceptors (Lipinski definition) is 4. The number of nitrogens with zero attached hydrogens (tertiary/aromatic N) is 1. The molecule has 2 rings (SSSR count). The number of anilines is 1. The van der Waals surface area contributed by atoms with Gasteiger partial charge < -0.3 is 11.5 Å². The Hall–Kier alpha value is -1.53. The van der Waals surface area contributed by atoms with Crippen molar-refractivity contribution < 1.29 is 4.79 Å². The predicted molar refractivity (Wildman–Crippen MR) is 80.9 cm³/mol. The number of carbonyl (C=O) groups excluding carboxylic acids is 1. The highest BCUT2D eigenvalue weighted by Gasteiger charge is 2.07. The zero-order valence-corrected chi connectivity index (χ0v) is 12.4. The highest BCUT2D eigenvalue weighted by molar-refractivity contribution is 9.10. The number of carbonyl (C=O) groups is 1. The van der Waals surface area contributed by atoms with E-state index in [1.807, 2.05) is 18.2 Å². The molecule has 1 heterocycles. The van der Waals surface area contributed by atoms with Gasteiger partial charge in [-0.15, -0.1) is 11.8 Å². The van der Waals surface area contributed by atoms with Crippen LogP contribution >= 0.6 is 27.7 Å². The van der Waals surface area contributed by atoms with Gasteiger partial charge in [0.25, 0.3) is 0 Å². The van der Waals surface area contributed by atoms with Crippen LogP contribution in [0.15, 0.2) is 46.0 Å². The zero-order valence-electron chi connectivity index (χ0n) is 9.97. The summed E-state index contributed by atoms with van der Waals surface area (Å²) in [6.07, 6.45) is 1.74. The van der Waals surface area contributed by atoms with E-state index in [9.17, 15) is 4.79 Å². The lowest BCUT2D eigenvalue weighted by atomic mass is 10.1. The van der Waals surface area contributed by atoms with Gasteiger partial charge in [-0.25, -0.2) is 4.98 Å². The fourth-order valence-electron chi connectivity index (χ4n) is 1.50. The standard InChI is InChI=1S/C13H12BrN3OS/c14-10-2-1-5-17-13(10)19-7-9-4-3-8(12(16)18)6-11(9)15/h1-6H,7,15H2,(H2,16,18). The number of nitrogen functional groups attached to an aromatic ring is 1. The van der Waals surface area contributed by atoms with Gasteiger partial charge in [-0.05, 0) is 45.8 Å². The van der Waals surface area contributed by atoms with Crippen LogP contribution < -0.4 is 11.5 Å². The molecule has 0 aliphatic heterocycles. The molecule has 0 unspecified atom stereocenters. The van der Waals surface area contributed by atoms with Crippen LogP contribution in [-0.4, -0.2) is 10.9 Å². The van der Waals surface area contributed by atoms with Gasteiger partial charge in [0.15, 0.2) is 0 Å². The number of thioether (sulfide) groups is 1. The smallest absolute Gasteiger partial charge is 0.248 e. The summed E-state index contributed by atoms with van der Waals surface area (Å²) >= 11 is 5.02. The summed E-state index contributed by atoms with van der Waals surface area (Å²) in [4.78, 5) is 15.3. The predicted octanol–water partition coefficient (Wildman–Crippen LogP) is 2.82. The second-order valence-corrected chi connectivity index (χ2v) is 5.68. The number of benzene rings is 1. The van der Waals surface area contributed by atoms with Crippen LogP contribution in [0.5, 0.6) is 0 Å². The second kappa shape index (κ2) is 6.08. The molecule has 0 fully saturated rings. The first kappa shape index (κ1) is 13.9. The molecule has 1 aromatic heterocycles. The van der Waals surface area contributed by atoms with Crippen molar-refractivity contribution in [1.82, 2.24) is 4.98 Å². The van der Waals surface area contributed by atoms with E-state index in [1.54, 1.807) is 30.1 Å². The number of amides is 1. The maximum Gasteiger partial charge on any atom is 0.248 e. The van der Waals surface area contributed by atoms with Gasteiger partial charge in [0.2, 0.25) is 5.91 Å². The summed E-state index contributed by atoms with van der Waals surface area (Å²) in [6, 6.07) is 8.91. The van der Waals surface area contributed by atoms with Gasteiger partial charge in [0, 0.05) is 27.7 Å². The Labute approximate surface area is 123 Å². The zero-order chi connectivity index (χ0) is 13.8. The molecule has 4 N–H and O–H groups in total. The first-order valence-corrected chi connectivity index (χ1v) is 7.27. The molecule has 6 heteroatoms. The molecule has 0 radical (unpaired) electrons. The normalized spacial score (nSPS) is 10.4. The monoisotopic (exact) mass is 337 g/mol. The molecule has 1 aromatic carbocycles. The van der Waals surface area contributed by atoms with E-state index in [4.69, 9.17) is 11.5 Å². The summed E-state index contributed by atoms with van der Waals surface area (Å²) in [5, 5.41) is 0.904. The van der Waals surface area contributed by atoms with E-state index in [0.717, 1.165) is 15.1 Å². The molecule has 4 nitrogen and oxygen atoms in total. The van der Waals surface area contributed by atoms with Crippen LogP contribution in [0.3, 0.4) is 0 Å². The Morgan fingerprint density at radius 1 is 1.37 bits per heavy atom. The molecule has 0 bridgehead atoms. The van der Waals surface area contributed by atoms with Gasteiger partial charge in [-0.1, -0.05) is 6.07 Å². The van der Waals surface area contributed by atoms with E-state index in [2.05, 4.69) is 20.9 Å². The average molecular weight is 338 g/mol. The lowest BCUT2D eigenvalue weighted by molar-refractivity contribution is 0.100. The fraction of sp³-hybridized carbons (Fsp3) is 0.0769. The average Bonchev–Trinajstić information content (AvgIpc) is 2.39. The highest BCUT2D eigenvalue weighted by Crippen LogP contribution is 2.29. The van der Waals surface area contributed by atoms with Crippen molar-refractivity contribution in [1.29, 1.82) is 0 Å². The first-order valence-electron chi connectivity index (χ1n) is 5.49. The third kappa shape index (κ3) is 3.48. The van der Waals surface area contributed by atoms with E-state index < -0.39 is 5.91 Å². The largest absolute Gasteiger partial charge is 0.398 e. The van der Waals surface area contributed by atoms with Gasteiger partial charge in [-0.3, -0.25) is 4.79 Å². The van der Waals surface area contributed by atoms with Crippen molar-refractivity contribution in [2.24, 2.45) is 5.73 Å². The van der Waals surface area contributed by atoms with Crippen molar-refractivity contribution in [3.8, 4) is 0 Å². The number of halogens is 1. The summed E-state index contributed by atoms with van der Waals surface area (Å²) < 4.78 is 0.951. The van der Waals surface area contributed by atoms with Crippen LogP contribution in [0, 0.1) is 0 Å². The van der Waals surface area contributed by atoms with Gasteiger partial charge in [0.05, 0.1) is 0 Å². The van der Waals surface area contributed by atoms with Crippen LogP contribution in [-0.2, 0) is 5.75 Å². The van der Waals surface area contributed by atoms with Crippen LogP contribution in [0.4, 0.5) is 5.69 Å². The Morgan fingerprint density at radius 2 is 2.16 bits per heavy atom. The molecular weight excluding hydrogens is 326 g/mol. The van der Waals surface area contributed by atoms with Crippen molar-refractivity contribution in [3.63, 3.8) is 0 Å². The number of aromatic nitrogens is 1. The van der Waals surface area contributed by atoms with Gasteiger partial charge in [0.1, 0.15) is 5.03 Å². The molecule has 2 aromatic rings. The summed E-state index contributed by atoms with van der Waals surface area (Å²) in [5.74, 6) is 0.207. The molecule has 0 saturated carbocycles. The van der Waals surface area contributed by atoms with Crippen LogP contribution in [0.25, 0.3) is 0 Å². The Balaban J connectivity index is 2.12. The number of rotatable bonds is 4. The van der Waals surface area contributed by atoms with E-state index >= 15 is 0 Å². The van der Waals surface area contributed by atoms with Gasteiger partial charge in [-0.2, -0.15) is 0 Å². The number of hydrogen-bond donors (Lipinski definition) is 2. The van der Waals surface area contributed by atoms with Crippen molar-refractivity contribution in [2.75, 3.05) is 5.73 Å². The molecule has 0 spiro atoms. The van der Waals surface area contributed by atoms with E-state index in [0.29, 0.717) is 17.0 Å². The van der Waals surface area contributed by atoms with E-state index in [-0.39, 0.29) is 0 Å². The molecule has 1 amide bonds. The Morgan fingerprint density at radius 3 is 2.79 bits per heavy atom. The summed E-state index contributed by atoms with van der Waals surface area (Å²) in [7, 11) is 0. The quantitative estimate of drug-likeness (QED) is 0.663.